The summed E-state index contributed by atoms with van der Waals surface area (Å²) in [5.41, 5.74) is 16.1. The monoisotopic (exact) mass is 2060 g/mol. The summed E-state index contributed by atoms with van der Waals surface area (Å²) in [7, 11) is 3.92. The summed E-state index contributed by atoms with van der Waals surface area (Å²) in [5, 5.41) is 25.8. The number of ether oxygens (including phenoxy) is 3. The van der Waals surface area contributed by atoms with Crippen LogP contribution >= 0.6 is 70.6 Å². The largest absolute Gasteiger partial charge is 0.468 e. The van der Waals surface area contributed by atoms with Gasteiger partial charge in [0.05, 0.1) is 108 Å². The van der Waals surface area contributed by atoms with Gasteiger partial charge in [-0.2, -0.15) is 30.6 Å². The summed E-state index contributed by atoms with van der Waals surface area (Å²) >= 11 is 6.65. The van der Waals surface area contributed by atoms with Gasteiger partial charge >= 0.3 is 17.9 Å². The third-order valence-electron chi connectivity index (χ3n) is 20.4. The number of nitrogens with zero attached hydrogens (tertiary/aromatic N) is 18. The zero-order valence-corrected chi connectivity index (χ0v) is 82.4. The highest BCUT2D eigenvalue weighted by Gasteiger charge is 2.27. The topological polar surface area (TPSA) is 564 Å². The Morgan fingerprint density at radius 2 is 0.545 bits per heavy atom. The average molecular weight is 2060 g/mol. The molecule has 12 heterocycles. The molecule has 51 heteroatoms. The van der Waals surface area contributed by atoms with Gasteiger partial charge in [-0.15, -0.1) is 0 Å². The van der Waals surface area contributed by atoms with E-state index < -0.39 is 78.8 Å². The third-order valence-corrected chi connectivity index (χ3v) is 26.9. The van der Waals surface area contributed by atoms with Crippen LogP contribution in [0.1, 0.15) is 72.4 Å². The molecule has 0 aliphatic carbocycles. The number of hydrogen-bond acceptors (Lipinski definition) is 33. The first-order valence-corrected chi connectivity index (χ1v) is 48.1. The molecule has 738 valence electrons. The highest BCUT2D eigenvalue weighted by Crippen LogP contribution is 2.31. The molecule has 12 aromatic heterocycles. The molecule has 18 rings (SSSR count). The molecule has 0 aliphatic heterocycles. The number of esters is 3. The number of rotatable bonds is 26. The lowest BCUT2D eigenvalue weighted by molar-refractivity contribution is -0.140. The number of amides is 2. The van der Waals surface area contributed by atoms with Gasteiger partial charge in [-0.25, -0.2) is 75.6 Å². The maximum Gasteiger partial charge on any atom is 0.319 e. The van der Waals surface area contributed by atoms with Crippen molar-refractivity contribution in [2.24, 2.45) is 11.5 Å². The SMILES string of the molecule is CC(=O)C(C)Sc1nc2c(cnn2-c2cccc(C)c2)c(=O)[nH]1.CC(Sc1nc2c(cnn2-c2cccc(F)c2)c(=O)[nH]1)C(N)=O.CCC(Sc1nc2c(cnn2-c2cccc(F)c2)c(=O)[nH]1)C(=O)OC.CCC(Sc1nc2c(cnn2-c2cccc(F)c2)c(=O)[nH]1)C(N)=O.COC(=O)C(C)Sc1nc2c(cnn2-c2cccc(C)c2)c(=O)[nH]1.COC(=O)C(C)Sc1nc2c(cnn2-c2cccc(F)c2)c(=O)[nH]1. The normalized spacial score (nSPS) is 12.4. The summed E-state index contributed by atoms with van der Waals surface area (Å²) < 4.78 is 76.6. The van der Waals surface area contributed by atoms with Crippen molar-refractivity contribution in [1.29, 1.82) is 0 Å². The van der Waals surface area contributed by atoms with E-state index in [1.54, 1.807) is 79.5 Å². The van der Waals surface area contributed by atoms with E-state index in [1.165, 1.54) is 151 Å². The van der Waals surface area contributed by atoms with Crippen LogP contribution in [-0.2, 0) is 43.0 Å². The number of halogens is 4. The van der Waals surface area contributed by atoms with Crippen LogP contribution in [0.5, 0.6) is 0 Å². The van der Waals surface area contributed by atoms with Crippen LogP contribution in [0.2, 0.25) is 0 Å². The highest BCUT2D eigenvalue weighted by molar-refractivity contribution is 8.01. The molecular weight excluding hydrogens is 1980 g/mol. The van der Waals surface area contributed by atoms with Gasteiger partial charge in [-0.05, 0) is 169 Å². The van der Waals surface area contributed by atoms with Crippen molar-refractivity contribution in [3.8, 4) is 34.1 Å². The lowest BCUT2D eigenvalue weighted by atomic mass is 10.2. The van der Waals surface area contributed by atoms with Gasteiger partial charge in [0, 0.05) is 0 Å². The van der Waals surface area contributed by atoms with Gasteiger partial charge in [-0.3, -0.25) is 57.5 Å². The molecule has 10 N–H and O–H groups in total. The Balaban J connectivity index is 0.000000144. The van der Waals surface area contributed by atoms with Gasteiger partial charge in [-0.1, -0.05) is 133 Å². The number of ketones is 1. The summed E-state index contributed by atoms with van der Waals surface area (Å²) in [6.45, 7) is 15.9. The molecule has 6 atom stereocenters. The van der Waals surface area contributed by atoms with E-state index in [9.17, 15) is 75.1 Å². The van der Waals surface area contributed by atoms with Crippen LogP contribution < -0.4 is 44.8 Å². The van der Waals surface area contributed by atoms with E-state index in [2.05, 4.69) is 95.1 Å². The van der Waals surface area contributed by atoms with E-state index in [0.29, 0.717) is 68.0 Å². The first kappa shape index (κ1) is 105. The molecule has 18 aromatic rings. The van der Waals surface area contributed by atoms with Crippen molar-refractivity contribution < 1.29 is 60.5 Å². The molecule has 6 aromatic carbocycles. The first-order valence-electron chi connectivity index (χ1n) is 42.8. The maximum absolute atomic E-state index is 13.5. The number of aryl methyl sites for hydroxylation is 2. The first-order chi connectivity index (χ1) is 68.4. The Morgan fingerprint density at radius 1 is 0.322 bits per heavy atom. The Labute approximate surface area is 829 Å². The quantitative estimate of drug-likeness (QED) is 0.00820. The number of methoxy groups -OCH3 is 3. The number of nitrogens with one attached hydrogen (secondary N) is 6. The Morgan fingerprint density at radius 3 is 0.762 bits per heavy atom. The van der Waals surface area contributed by atoms with Crippen molar-refractivity contribution in [3.63, 3.8) is 0 Å². The predicted molar refractivity (Wildman–Crippen MR) is 532 cm³/mol. The van der Waals surface area contributed by atoms with Crippen molar-refractivity contribution in [1.82, 2.24) is 118 Å². The molecule has 6 unspecified atom stereocenters. The Bertz CT molecular complexity index is 7910. The third kappa shape index (κ3) is 25.5. The second-order valence-electron chi connectivity index (χ2n) is 30.6. The van der Waals surface area contributed by atoms with Gasteiger partial charge in [0.15, 0.2) is 64.8 Å². The molecule has 0 saturated carbocycles. The minimum atomic E-state index is -0.554. The number of hydrogen-bond donors (Lipinski definition) is 8. The number of aromatic amines is 6. The van der Waals surface area contributed by atoms with Crippen LogP contribution in [0.25, 0.3) is 100 Å². The standard InChI is InChI=1S/C16H15FN4O3S.C16H16N4O3S.C16H16N4O2S.C15H14FN5O2S.C15H13FN4O3S.C14H12FN5O2S/c1-3-12(15(23)24-2)25-16-19-13-11(14(22)20-16)8-18-21(13)10-6-4-5-9(17)7-10;1-9-5-4-6-11(7-9)20-13-12(8-17-20)14(21)19-16(18-13)24-10(2)15(22)23-3;1-9-5-4-6-12(7-9)20-14-13(8-17-20)15(22)19-16(18-14)23-11(3)10(2)21;1-2-11(12(17)22)24-15-19-13-10(14(23)20-15)7-18-21(13)9-5-3-4-8(16)6-9;1-8(14(22)23-2)24-15-18-12-11(13(21)19-15)7-17-20(12)10-5-3-4-9(16)6-10;1-7(11(16)21)23-14-18-12-10(13(22)19-14)6-17-20(12)9-4-2-3-8(15)5-9/h4-8,12H,3H2,1-2H3,(H,19,20,22);4-8,10H,1-3H3,(H,18,19,21);4-8,11H,1-3H3,(H,18,19,22);3-7,11H,2H2,1H3,(H2,17,22)(H,19,20,23);3-8H,1-2H3,(H,18,19,21);2-7H,1H3,(H2,16,21)(H,18,19,22). The molecule has 143 heavy (non-hydrogen) atoms. The highest BCUT2D eigenvalue weighted by atomic mass is 32.2. The van der Waals surface area contributed by atoms with E-state index in [-0.39, 0.29) is 110 Å². The molecule has 2 amide bonds. The van der Waals surface area contributed by atoms with Crippen molar-refractivity contribution in [3.05, 3.63) is 279 Å². The van der Waals surface area contributed by atoms with Gasteiger partial charge < -0.3 is 55.6 Å². The fourth-order valence-electron chi connectivity index (χ4n) is 13.1. The van der Waals surface area contributed by atoms with Gasteiger partial charge in [0.1, 0.15) is 77.1 Å². The van der Waals surface area contributed by atoms with Crippen LogP contribution in [0.4, 0.5) is 17.6 Å². The fourth-order valence-corrected chi connectivity index (χ4v) is 18.0. The number of Topliss-reactive ketones (excluding diaryl/α,β-unsaturated/α-hetero) is 1. The number of aromatic nitrogens is 24. The minimum absolute atomic E-state index is 0.0323. The molecular formula is C92H86F4N26O15S6. The molecule has 0 aliphatic rings. The smallest absolute Gasteiger partial charge is 0.319 e. The Hall–Kier alpha value is -15.7. The number of carbonyl (C=O) groups excluding carboxylic acids is 6. The van der Waals surface area contributed by atoms with Gasteiger partial charge in [0.2, 0.25) is 11.8 Å². The zero-order valence-electron chi connectivity index (χ0n) is 77.5. The number of H-pyrrole nitrogens is 6. The summed E-state index contributed by atoms with van der Waals surface area (Å²) in [5.74, 6) is -3.86. The molecule has 0 fully saturated rings. The summed E-state index contributed by atoms with van der Waals surface area (Å²) in [6.07, 6.45) is 9.48. The van der Waals surface area contributed by atoms with Crippen molar-refractivity contribution >= 4 is 172 Å². The number of primary amides is 2. The summed E-state index contributed by atoms with van der Waals surface area (Å²) in [6, 6.07) is 38.8. The van der Waals surface area contributed by atoms with Crippen LogP contribution in [0, 0.1) is 37.1 Å². The molecule has 0 radical (unpaired) electrons. The average Bonchev–Trinajstić information content (AvgIpc) is 1.68. The predicted octanol–water partition coefficient (Wildman–Crippen LogP) is 11.6. The van der Waals surface area contributed by atoms with E-state index in [0.717, 1.165) is 81.3 Å². The molecule has 0 saturated heterocycles. The van der Waals surface area contributed by atoms with E-state index in [4.69, 9.17) is 20.9 Å². The lowest BCUT2D eigenvalue weighted by Crippen LogP contribution is -2.25. The Kier molecular flexibility index (Phi) is 34.4. The number of carbonyl (C=O) groups is 6. The second-order valence-corrected chi connectivity index (χ2v) is 38.3. The molecule has 0 bridgehead atoms. The van der Waals surface area contributed by atoms with Crippen LogP contribution in [0.15, 0.2) is 242 Å². The number of benzene rings is 6. The van der Waals surface area contributed by atoms with E-state index >= 15 is 0 Å². The fraction of sp³-hybridized carbons (Fsp3) is 0.217. The lowest BCUT2D eigenvalue weighted by Gasteiger charge is -2.11. The van der Waals surface area contributed by atoms with Crippen LogP contribution in [0.3, 0.4) is 0 Å². The maximum atomic E-state index is 13.5. The second kappa shape index (κ2) is 47.0. The van der Waals surface area contributed by atoms with Gasteiger partial charge in [0.25, 0.3) is 33.4 Å². The molecule has 41 nitrogen and oxygen atoms in total. The van der Waals surface area contributed by atoms with Crippen molar-refractivity contribution in [2.75, 3.05) is 21.3 Å². The zero-order chi connectivity index (χ0) is 103. The summed E-state index contributed by atoms with van der Waals surface area (Å²) in [4.78, 5) is 184. The van der Waals surface area contributed by atoms with Crippen LogP contribution in [-0.4, -0.2) is 207 Å². The number of thioether (sulfide) groups is 6. The minimum Gasteiger partial charge on any atom is -0.468 e. The van der Waals surface area contributed by atoms with Crippen molar-refractivity contribution in [2.45, 2.75) is 138 Å². The van der Waals surface area contributed by atoms with E-state index in [1.807, 2.05) is 76.2 Å². The number of fused-ring (bicyclic) bond motifs is 6. The number of nitrogens with two attached hydrogens (primary N) is 2. The molecule has 0 spiro atoms.